The van der Waals surface area contributed by atoms with Gasteiger partial charge in [0.2, 0.25) is 0 Å². The van der Waals surface area contributed by atoms with Crippen molar-refractivity contribution < 1.29 is 17.4 Å². The SMILES string of the molecule is [2H]c1c([2H])c([2H])c(-c2ccnc(-c3cc(-c4cccc5c4nc(-c4cc(C(C)C)cc(C(C)C)c4O)n5-c4ccc(-c5c(C(C)C)cccc5C([2H])(C)C)cc4C([2H])([2H])[2H])cc(C(C)(C)C)c3)c2)c([2H])c1[2H]. The summed E-state index contributed by atoms with van der Waals surface area (Å²) in [6, 6.07) is 29.0. The Morgan fingerprint density at radius 1 is 0.651 bits per heavy atom. The van der Waals surface area contributed by atoms with Crippen LogP contribution in [0.5, 0.6) is 5.75 Å². The van der Waals surface area contributed by atoms with Crippen molar-refractivity contribution in [1.82, 2.24) is 14.5 Å². The molecule has 0 atom stereocenters. The number of aryl methyl sites for hydroxylation is 1. The number of aromatic nitrogens is 3. The molecule has 1 N–H and O–H groups in total. The van der Waals surface area contributed by atoms with Gasteiger partial charge in [0.25, 0.3) is 0 Å². The molecular weight excluding hydrogens is 767 g/mol. The minimum atomic E-state index is -2.61. The Labute approximate surface area is 388 Å². The molecule has 0 aliphatic heterocycles. The minimum Gasteiger partial charge on any atom is -0.507 e. The zero-order valence-corrected chi connectivity index (χ0v) is 38.3. The number of imidazole rings is 1. The summed E-state index contributed by atoms with van der Waals surface area (Å²) in [5, 5.41) is 12.3. The molecule has 2 aromatic heterocycles. The second-order valence-electron chi connectivity index (χ2n) is 18.9. The van der Waals surface area contributed by atoms with E-state index in [2.05, 4.69) is 60.6 Å². The van der Waals surface area contributed by atoms with Crippen molar-refractivity contribution >= 4 is 11.0 Å². The van der Waals surface area contributed by atoms with E-state index >= 15 is 0 Å². The van der Waals surface area contributed by atoms with Gasteiger partial charge in [-0.2, -0.15) is 0 Å². The Balaban J connectivity index is 1.45. The predicted molar refractivity (Wildman–Crippen MR) is 268 cm³/mol. The molecule has 0 aliphatic rings. The van der Waals surface area contributed by atoms with Gasteiger partial charge >= 0.3 is 0 Å². The molecule has 8 rings (SSSR count). The lowest BCUT2D eigenvalue weighted by Gasteiger charge is -2.22. The molecule has 4 nitrogen and oxygen atoms in total. The number of hydrogen-bond donors (Lipinski definition) is 1. The first-order chi connectivity index (χ1) is 33.6. The molecular formula is C59H63N3O. The van der Waals surface area contributed by atoms with Crippen LogP contribution in [-0.2, 0) is 5.41 Å². The molecule has 0 bridgehead atoms. The van der Waals surface area contributed by atoms with Gasteiger partial charge in [-0.1, -0.05) is 155 Å². The predicted octanol–water partition coefficient (Wildman–Crippen LogP) is 16.6. The molecule has 0 amide bonds. The molecule has 8 aromatic rings. The van der Waals surface area contributed by atoms with Crippen molar-refractivity contribution in [2.24, 2.45) is 0 Å². The number of hydrogen-bond acceptors (Lipinski definition) is 3. The first kappa shape index (κ1) is 33.3. The molecule has 320 valence electrons. The molecule has 0 saturated heterocycles. The Bertz CT molecular complexity index is 3400. The molecule has 0 spiro atoms. The lowest BCUT2D eigenvalue weighted by atomic mass is 9.83. The third-order valence-electron chi connectivity index (χ3n) is 12.1. The zero-order valence-electron chi connectivity index (χ0n) is 47.3. The van der Waals surface area contributed by atoms with E-state index in [1.807, 2.05) is 99.0 Å². The summed E-state index contributed by atoms with van der Waals surface area (Å²) >= 11 is 0. The monoisotopic (exact) mass is 839 g/mol. The second kappa shape index (κ2) is 17.1. The molecule has 0 fully saturated rings. The molecule has 0 saturated carbocycles. The highest BCUT2D eigenvalue weighted by atomic mass is 16.3. The van der Waals surface area contributed by atoms with Crippen molar-refractivity contribution in [3.8, 4) is 67.5 Å². The van der Waals surface area contributed by atoms with Gasteiger partial charge in [-0.15, -0.1) is 0 Å². The average Bonchev–Trinajstić information content (AvgIpc) is 3.71. The standard InChI is InChI=1S/C59H63N3O/c1-35(2)43-32-50(38(7)8)57(63)51(33-43)58-61-56-49(44-29-45(31-46(30-44)59(10,11)12)52-34-41(26-27-60-52)40-18-14-13-15-19-40)22-17-23-54(56)62(58)53-25-24-42(28-39(53)9)55-47(36(3)4)20-16-21-48(55)37(5)6/h13-38,63H,1-12H3/i9D3,13D,14D,15D,18D,19D,36D. The Morgan fingerprint density at radius 2 is 1.37 bits per heavy atom. The van der Waals surface area contributed by atoms with E-state index in [-0.39, 0.29) is 52.1 Å². The largest absolute Gasteiger partial charge is 0.507 e. The van der Waals surface area contributed by atoms with Gasteiger partial charge in [-0.25, -0.2) is 4.98 Å². The first-order valence-corrected chi connectivity index (χ1v) is 22.0. The molecule has 63 heavy (non-hydrogen) atoms. The van der Waals surface area contributed by atoms with Crippen LogP contribution in [0.15, 0.2) is 133 Å². The van der Waals surface area contributed by atoms with Crippen LogP contribution in [0.1, 0.15) is 146 Å². The summed E-state index contributed by atoms with van der Waals surface area (Å²) in [6.07, 6.45) is 1.58. The van der Waals surface area contributed by atoms with Crippen molar-refractivity contribution in [2.75, 3.05) is 0 Å². The van der Waals surface area contributed by atoms with E-state index in [0.29, 0.717) is 44.9 Å². The number of fused-ring (bicyclic) bond motifs is 1. The highest BCUT2D eigenvalue weighted by Gasteiger charge is 2.26. The molecule has 2 heterocycles. The van der Waals surface area contributed by atoms with E-state index in [4.69, 9.17) is 22.3 Å². The Kier molecular flexibility index (Phi) is 9.06. The number of pyridine rings is 1. The third-order valence-corrected chi connectivity index (χ3v) is 12.1. The molecule has 4 heteroatoms. The van der Waals surface area contributed by atoms with E-state index in [1.165, 1.54) is 0 Å². The topological polar surface area (TPSA) is 50.9 Å². The van der Waals surface area contributed by atoms with Crippen LogP contribution in [0, 0.1) is 6.85 Å². The van der Waals surface area contributed by atoms with Gasteiger partial charge in [-0.05, 0) is 146 Å². The van der Waals surface area contributed by atoms with Crippen molar-refractivity contribution in [3.05, 3.63) is 167 Å². The van der Waals surface area contributed by atoms with Crippen molar-refractivity contribution in [3.63, 3.8) is 0 Å². The van der Waals surface area contributed by atoms with Gasteiger partial charge in [-0.3, -0.25) is 9.55 Å². The fraction of sp³-hybridized carbons (Fsp3) is 0.288. The normalized spacial score (nSPS) is 14.5. The first-order valence-electron chi connectivity index (χ1n) is 26.5. The molecule has 6 aromatic carbocycles. The molecule has 0 radical (unpaired) electrons. The number of phenolic OH excluding ortho intramolecular Hbond substituents is 1. The quantitative estimate of drug-likeness (QED) is 0.149. The van der Waals surface area contributed by atoms with Gasteiger partial charge in [0.05, 0.1) is 34.8 Å². The summed E-state index contributed by atoms with van der Waals surface area (Å²) in [5.74, 6) is -0.412. The smallest absolute Gasteiger partial charge is 0.149 e. The molecule has 0 unspecified atom stereocenters. The van der Waals surface area contributed by atoms with Crippen LogP contribution in [0.25, 0.3) is 72.7 Å². The highest BCUT2D eigenvalue weighted by molar-refractivity contribution is 5.97. The maximum atomic E-state index is 12.3. The third kappa shape index (κ3) is 8.36. The summed E-state index contributed by atoms with van der Waals surface area (Å²) in [5.41, 5.74) is 11.1. The summed E-state index contributed by atoms with van der Waals surface area (Å²) in [7, 11) is 0. The van der Waals surface area contributed by atoms with Crippen molar-refractivity contribution in [1.29, 1.82) is 0 Å². The number of aromatic hydroxyl groups is 1. The van der Waals surface area contributed by atoms with Crippen LogP contribution < -0.4 is 0 Å². The van der Waals surface area contributed by atoms with Crippen LogP contribution >= 0.6 is 0 Å². The number of nitrogens with zero attached hydrogens (tertiary/aromatic N) is 3. The number of rotatable bonds is 10. The summed E-state index contributed by atoms with van der Waals surface area (Å²) < 4.78 is 80.7. The van der Waals surface area contributed by atoms with E-state index in [9.17, 15) is 5.11 Å². The average molecular weight is 839 g/mol. The van der Waals surface area contributed by atoms with Gasteiger partial charge in [0.15, 0.2) is 0 Å². The summed E-state index contributed by atoms with van der Waals surface area (Å²) in [4.78, 5) is 10.2. The number of phenols is 1. The van der Waals surface area contributed by atoms with Gasteiger partial charge in [0.1, 0.15) is 11.6 Å². The van der Waals surface area contributed by atoms with Crippen LogP contribution in [0.4, 0.5) is 0 Å². The zero-order chi connectivity index (χ0) is 52.7. The van der Waals surface area contributed by atoms with E-state index in [0.717, 1.165) is 50.1 Å². The maximum absolute atomic E-state index is 12.3. The lowest BCUT2D eigenvalue weighted by molar-refractivity contribution is 0.466. The highest BCUT2D eigenvalue weighted by Crippen LogP contribution is 2.44. The second-order valence-corrected chi connectivity index (χ2v) is 18.9. The van der Waals surface area contributed by atoms with E-state index < -0.39 is 30.9 Å². The van der Waals surface area contributed by atoms with Crippen molar-refractivity contribution in [2.45, 2.75) is 112 Å². The molecule has 0 aliphatic carbocycles. The fourth-order valence-electron chi connectivity index (χ4n) is 8.56. The fourth-order valence-corrected chi connectivity index (χ4v) is 8.56. The maximum Gasteiger partial charge on any atom is 0.149 e. The van der Waals surface area contributed by atoms with Crippen LogP contribution in [0.3, 0.4) is 0 Å². The number of para-hydroxylation sites is 1. The summed E-state index contributed by atoms with van der Waals surface area (Å²) in [6.45, 7) is 19.9. The van der Waals surface area contributed by atoms with Crippen LogP contribution in [-0.4, -0.2) is 19.6 Å². The minimum absolute atomic E-state index is 0.0456. The van der Waals surface area contributed by atoms with E-state index in [1.54, 1.807) is 24.4 Å². The van der Waals surface area contributed by atoms with Crippen LogP contribution in [0.2, 0.25) is 0 Å². The lowest BCUT2D eigenvalue weighted by Crippen LogP contribution is -2.11. The number of benzene rings is 6. The Hall–Kier alpha value is -6.26. The van der Waals surface area contributed by atoms with Gasteiger partial charge in [0, 0.05) is 22.8 Å². The Morgan fingerprint density at radius 3 is 2.05 bits per heavy atom. The van der Waals surface area contributed by atoms with Gasteiger partial charge < -0.3 is 5.11 Å².